The Balaban J connectivity index is 2.73. The fraction of sp³-hybridized carbons (Fsp3) is 0.417. The lowest BCUT2D eigenvalue weighted by Gasteiger charge is -2.17. The summed E-state index contributed by atoms with van der Waals surface area (Å²) in [4.78, 5) is 11.6. The second kappa shape index (κ2) is 4.51. The zero-order chi connectivity index (χ0) is 12.3. The van der Waals surface area contributed by atoms with Gasteiger partial charge >= 0.3 is 0 Å². The van der Waals surface area contributed by atoms with Crippen LogP contribution in [0.4, 0.5) is 15.8 Å². The maximum atomic E-state index is 13.3. The number of hydrogen-bond donors (Lipinski definition) is 2. The molecule has 3 N–H and O–H groups in total. The molecular weight excluding hydrogens is 207 g/mol. The molecule has 0 aliphatic heterocycles. The minimum absolute atomic E-state index is 0.124. The van der Waals surface area contributed by atoms with Crippen LogP contribution in [0.25, 0.3) is 0 Å². The summed E-state index contributed by atoms with van der Waals surface area (Å²) in [5.74, 6) is -0.687. The average Bonchev–Trinajstić information content (AvgIpc) is 2.08. The molecule has 1 aromatic rings. The third-order valence-corrected chi connectivity index (χ3v) is 1.96. The van der Waals surface area contributed by atoms with E-state index in [1.807, 2.05) is 20.8 Å². The van der Waals surface area contributed by atoms with Crippen molar-refractivity contribution in [3.8, 4) is 0 Å². The Morgan fingerprint density at radius 2 is 2.06 bits per heavy atom. The van der Waals surface area contributed by atoms with Crippen LogP contribution in [-0.2, 0) is 4.79 Å². The number of anilines is 2. The molecule has 88 valence electrons. The van der Waals surface area contributed by atoms with Crippen LogP contribution in [0.1, 0.15) is 27.2 Å². The summed E-state index contributed by atoms with van der Waals surface area (Å²) in [6.45, 7) is 5.84. The van der Waals surface area contributed by atoms with Gasteiger partial charge in [0.25, 0.3) is 0 Å². The first kappa shape index (κ1) is 12.5. The number of amides is 1. The first-order chi connectivity index (χ1) is 7.28. The summed E-state index contributed by atoms with van der Waals surface area (Å²) in [5, 5.41) is 2.51. The third-order valence-electron chi connectivity index (χ3n) is 1.96. The molecule has 16 heavy (non-hydrogen) atoms. The highest BCUT2D eigenvalue weighted by Gasteiger charge is 2.16. The zero-order valence-electron chi connectivity index (χ0n) is 9.80. The first-order valence-electron chi connectivity index (χ1n) is 5.13. The number of benzene rings is 1. The lowest BCUT2D eigenvalue weighted by molar-refractivity contribution is -0.117. The third kappa shape index (κ3) is 3.88. The van der Waals surface area contributed by atoms with Gasteiger partial charge in [-0.3, -0.25) is 4.79 Å². The number of nitrogens with one attached hydrogen (secondary N) is 1. The van der Waals surface area contributed by atoms with Gasteiger partial charge in [-0.2, -0.15) is 0 Å². The van der Waals surface area contributed by atoms with Crippen LogP contribution < -0.4 is 11.1 Å². The minimum Gasteiger partial charge on any atom is -0.399 e. The quantitative estimate of drug-likeness (QED) is 0.759. The molecule has 3 nitrogen and oxygen atoms in total. The molecular formula is C12H17FN2O. The average molecular weight is 224 g/mol. The smallest absolute Gasteiger partial charge is 0.224 e. The summed E-state index contributed by atoms with van der Waals surface area (Å²) in [6, 6.07) is 4.10. The van der Waals surface area contributed by atoms with Crippen molar-refractivity contribution in [1.82, 2.24) is 0 Å². The molecule has 0 saturated carbocycles. The number of halogens is 1. The van der Waals surface area contributed by atoms with E-state index < -0.39 is 5.82 Å². The van der Waals surface area contributed by atoms with Gasteiger partial charge in [0.05, 0.1) is 5.69 Å². The Morgan fingerprint density at radius 3 is 2.62 bits per heavy atom. The Hall–Kier alpha value is -1.58. The SMILES string of the molecule is CC(C)(C)CC(=O)Nc1cc(N)ccc1F. The Kier molecular flexibility index (Phi) is 3.52. The molecule has 0 aromatic heterocycles. The maximum Gasteiger partial charge on any atom is 0.224 e. The van der Waals surface area contributed by atoms with Gasteiger partial charge in [0.15, 0.2) is 0 Å². The Bertz CT molecular complexity index is 396. The van der Waals surface area contributed by atoms with E-state index in [0.717, 1.165) is 0 Å². The van der Waals surface area contributed by atoms with Crippen LogP contribution in [-0.4, -0.2) is 5.91 Å². The van der Waals surface area contributed by atoms with Crippen molar-refractivity contribution in [3.63, 3.8) is 0 Å². The predicted molar refractivity (Wildman–Crippen MR) is 63.5 cm³/mol. The van der Waals surface area contributed by atoms with Gasteiger partial charge in [-0.1, -0.05) is 20.8 Å². The van der Waals surface area contributed by atoms with E-state index >= 15 is 0 Å². The van der Waals surface area contributed by atoms with Gasteiger partial charge in [0.1, 0.15) is 5.82 Å². The second-order valence-electron chi connectivity index (χ2n) is 5.02. The Labute approximate surface area is 94.8 Å². The van der Waals surface area contributed by atoms with Crippen LogP contribution in [0.2, 0.25) is 0 Å². The van der Waals surface area contributed by atoms with Crippen LogP contribution in [0.3, 0.4) is 0 Å². The molecule has 0 atom stereocenters. The van der Waals surface area contributed by atoms with Crippen LogP contribution in [0.15, 0.2) is 18.2 Å². The van der Waals surface area contributed by atoms with Crippen molar-refractivity contribution in [2.24, 2.45) is 5.41 Å². The van der Waals surface area contributed by atoms with Gasteiger partial charge in [-0.15, -0.1) is 0 Å². The van der Waals surface area contributed by atoms with E-state index in [4.69, 9.17) is 5.73 Å². The van der Waals surface area contributed by atoms with Crippen molar-refractivity contribution in [2.75, 3.05) is 11.1 Å². The molecule has 0 heterocycles. The van der Waals surface area contributed by atoms with Gasteiger partial charge < -0.3 is 11.1 Å². The highest BCUT2D eigenvalue weighted by molar-refractivity contribution is 5.91. The fourth-order valence-corrected chi connectivity index (χ4v) is 1.31. The highest BCUT2D eigenvalue weighted by atomic mass is 19.1. The summed E-state index contributed by atoms with van der Waals surface area (Å²) in [5.41, 5.74) is 5.95. The summed E-state index contributed by atoms with van der Waals surface area (Å²) < 4.78 is 13.3. The summed E-state index contributed by atoms with van der Waals surface area (Å²) in [7, 11) is 0. The van der Waals surface area contributed by atoms with Crippen molar-refractivity contribution in [1.29, 1.82) is 0 Å². The maximum absolute atomic E-state index is 13.3. The van der Waals surface area contributed by atoms with Crippen molar-refractivity contribution >= 4 is 17.3 Å². The number of rotatable bonds is 2. The molecule has 1 rings (SSSR count). The summed E-state index contributed by atoms with van der Waals surface area (Å²) in [6.07, 6.45) is 0.335. The van der Waals surface area contributed by atoms with Crippen LogP contribution in [0.5, 0.6) is 0 Å². The molecule has 1 amide bonds. The lowest BCUT2D eigenvalue weighted by Crippen LogP contribution is -2.20. The predicted octanol–water partition coefficient (Wildman–Crippen LogP) is 2.78. The molecule has 0 aliphatic carbocycles. The van der Waals surface area contributed by atoms with Gasteiger partial charge in [-0.05, 0) is 23.6 Å². The lowest BCUT2D eigenvalue weighted by atomic mass is 9.92. The van der Waals surface area contributed by atoms with Crippen molar-refractivity contribution in [3.05, 3.63) is 24.0 Å². The van der Waals surface area contributed by atoms with E-state index in [9.17, 15) is 9.18 Å². The van der Waals surface area contributed by atoms with Gasteiger partial charge in [0.2, 0.25) is 5.91 Å². The number of hydrogen-bond acceptors (Lipinski definition) is 2. The number of nitrogens with two attached hydrogens (primary N) is 1. The summed E-state index contributed by atoms with van der Waals surface area (Å²) >= 11 is 0. The fourth-order valence-electron chi connectivity index (χ4n) is 1.31. The van der Waals surface area contributed by atoms with Crippen LogP contribution in [0, 0.1) is 11.2 Å². The normalized spacial score (nSPS) is 11.2. The monoisotopic (exact) mass is 224 g/mol. The molecule has 4 heteroatoms. The largest absolute Gasteiger partial charge is 0.399 e. The van der Waals surface area contributed by atoms with Crippen molar-refractivity contribution < 1.29 is 9.18 Å². The molecule has 0 aliphatic rings. The van der Waals surface area contributed by atoms with Gasteiger partial charge in [0, 0.05) is 12.1 Å². The second-order valence-corrected chi connectivity index (χ2v) is 5.02. The number of carbonyl (C=O) groups is 1. The van der Waals surface area contributed by atoms with Crippen molar-refractivity contribution in [2.45, 2.75) is 27.2 Å². The minimum atomic E-state index is -0.476. The Morgan fingerprint density at radius 1 is 1.44 bits per heavy atom. The standard InChI is InChI=1S/C12H17FN2O/c1-12(2,3)7-11(16)15-10-6-8(14)4-5-9(10)13/h4-6H,7,14H2,1-3H3,(H,15,16). The molecule has 0 radical (unpaired) electrons. The molecule has 0 unspecified atom stereocenters. The molecule has 0 bridgehead atoms. The van der Waals surface area contributed by atoms with Gasteiger partial charge in [-0.25, -0.2) is 4.39 Å². The number of nitrogen functional groups attached to an aromatic ring is 1. The molecule has 0 saturated heterocycles. The van der Waals surface area contributed by atoms with E-state index in [1.54, 1.807) is 0 Å². The molecule has 1 aromatic carbocycles. The van der Waals surface area contributed by atoms with E-state index in [-0.39, 0.29) is 17.0 Å². The number of carbonyl (C=O) groups excluding carboxylic acids is 1. The molecule has 0 spiro atoms. The van der Waals surface area contributed by atoms with E-state index in [0.29, 0.717) is 12.1 Å². The first-order valence-corrected chi connectivity index (χ1v) is 5.13. The van der Waals surface area contributed by atoms with E-state index in [2.05, 4.69) is 5.32 Å². The molecule has 0 fully saturated rings. The van der Waals surface area contributed by atoms with Crippen LogP contribution >= 0.6 is 0 Å². The topological polar surface area (TPSA) is 55.1 Å². The van der Waals surface area contributed by atoms with E-state index in [1.165, 1.54) is 18.2 Å². The highest BCUT2D eigenvalue weighted by Crippen LogP contribution is 2.21. The zero-order valence-corrected chi connectivity index (χ0v) is 9.80.